The van der Waals surface area contributed by atoms with Crippen LogP contribution in [-0.2, 0) is 14.8 Å². The van der Waals surface area contributed by atoms with Gasteiger partial charge in [0, 0.05) is 37.7 Å². The summed E-state index contributed by atoms with van der Waals surface area (Å²) in [6.45, 7) is 1.31. The molecule has 0 bridgehead atoms. The van der Waals surface area contributed by atoms with Gasteiger partial charge >= 0.3 is 0 Å². The predicted molar refractivity (Wildman–Crippen MR) is 98.1 cm³/mol. The van der Waals surface area contributed by atoms with Crippen molar-refractivity contribution in [3.63, 3.8) is 0 Å². The third kappa shape index (κ3) is 2.81. The van der Waals surface area contributed by atoms with Crippen LogP contribution >= 0.6 is 0 Å². The Balaban J connectivity index is 1.60. The van der Waals surface area contributed by atoms with E-state index in [1.807, 2.05) is 30.3 Å². The summed E-state index contributed by atoms with van der Waals surface area (Å²) in [5.74, 6) is 0.0368. The van der Waals surface area contributed by atoms with Crippen LogP contribution in [0.2, 0.25) is 0 Å². The molecule has 1 aromatic carbocycles. The fraction of sp³-hybridized carbons (Fsp3) is 0.368. The first-order valence-electron chi connectivity index (χ1n) is 8.80. The first-order chi connectivity index (χ1) is 12.5. The molecule has 7 heteroatoms. The van der Waals surface area contributed by atoms with Crippen molar-refractivity contribution in [2.75, 3.05) is 24.5 Å². The molecule has 1 amide bonds. The van der Waals surface area contributed by atoms with E-state index in [9.17, 15) is 13.2 Å². The van der Waals surface area contributed by atoms with Gasteiger partial charge in [-0.3, -0.25) is 9.78 Å². The molecular weight excluding hydrogens is 350 g/mol. The number of nitrogens with zero attached hydrogens (tertiary/aromatic N) is 3. The van der Waals surface area contributed by atoms with E-state index in [1.165, 1.54) is 10.5 Å². The summed E-state index contributed by atoms with van der Waals surface area (Å²) in [5, 5.41) is 0. The largest absolute Gasteiger partial charge is 0.312 e. The molecule has 2 fully saturated rings. The van der Waals surface area contributed by atoms with E-state index in [-0.39, 0.29) is 17.3 Å². The van der Waals surface area contributed by atoms with Crippen molar-refractivity contribution in [2.45, 2.75) is 24.2 Å². The number of piperidine rings is 1. The van der Waals surface area contributed by atoms with Crippen LogP contribution in [0.3, 0.4) is 0 Å². The average molecular weight is 371 g/mol. The van der Waals surface area contributed by atoms with Gasteiger partial charge in [-0.15, -0.1) is 0 Å². The van der Waals surface area contributed by atoms with Crippen molar-refractivity contribution >= 4 is 21.6 Å². The Kier molecular flexibility index (Phi) is 4.28. The molecule has 1 unspecified atom stereocenters. The second kappa shape index (κ2) is 6.48. The lowest BCUT2D eigenvalue weighted by atomic mass is 9.79. The van der Waals surface area contributed by atoms with Crippen LogP contribution in [0.4, 0.5) is 5.69 Å². The van der Waals surface area contributed by atoms with E-state index in [0.29, 0.717) is 25.9 Å². The minimum absolute atomic E-state index is 0.0368. The highest BCUT2D eigenvalue weighted by molar-refractivity contribution is 7.89. The van der Waals surface area contributed by atoms with Gasteiger partial charge in [-0.05, 0) is 43.5 Å². The highest BCUT2D eigenvalue weighted by Gasteiger charge is 2.51. The molecule has 1 spiro atoms. The lowest BCUT2D eigenvalue weighted by Crippen LogP contribution is -2.49. The topological polar surface area (TPSA) is 70.6 Å². The first kappa shape index (κ1) is 17.2. The quantitative estimate of drug-likeness (QED) is 0.830. The summed E-state index contributed by atoms with van der Waals surface area (Å²) in [6, 6.07) is 12.7. The molecule has 0 N–H and O–H groups in total. The molecule has 0 radical (unpaired) electrons. The van der Waals surface area contributed by atoms with Crippen LogP contribution in [0.5, 0.6) is 0 Å². The van der Waals surface area contributed by atoms with Gasteiger partial charge in [0.1, 0.15) is 4.90 Å². The fourth-order valence-corrected chi connectivity index (χ4v) is 5.53. The summed E-state index contributed by atoms with van der Waals surface area (Å²) in [4.78, 5) is 19.1. The lowest BCUT2D eigenvalue weighted by molar-refractivity contribution is -0.127. The molecule has 3 heterocycles. The number of aromatic nitrogens is 1. The van der Waals surface area contributed by atoms with Gasteiger partial charge < -0.3 is 4.90 Å². The minimum Gasteiger partial charge on any atom is -0.312 e. The van der Waals surface area contributed by atoms with Crippen molar-refractivity contribution in [3.05, 3.63) is 54.9 Å². The summed E-state index contributed by atoms with van der Waals surface area (Å²) < 4.78 is 27.4. The summed E-state index contributed by atoms with van der Waals surface area (Å²) in [5.41, 5.74) is 0.255. The smallest absolute Gasteiger partial charge is 0.244 e. The van der Waals surface area contributed by atoms with Crippen molar-refractivity contribution in [1.29, 1.82) is 0 Å². The molecule has 26 heavy (non-hydrogen) atoms. The Bertz CT molecular complexity index is 902. The SMILES string of the molecule is O=C1N(c2ccccc2)CCC12CCCN(S(=O)(=O)c1cccnc1)C2. The van der Waals surface area contributed by atoms with Crippen LogP contribution in [0.1, 0.15) is 19.3 Å². The molecule has 6 nitrogen and oxygen atoms in total. The molecule has 0 aliphatic carbocycles. The van der Waals surface area contributed by atoms with Gasteiger partial charge in [0.25, 0.3) is 0 Å². The second-order valence-electron chi connectivity index (χ2n) is 6.95. The van der Waals surface area contributed by atoms with Gasteiger partial charge in [0.2, 0.25) is 15.9 Å². The summed E-state index contributed by atoms with van der Waals surface area (Å²) >= 11 is 0. The molecule has 1 aromatic heterocycles. The van der Waals surface area contributed by atoms with Crippen LogP contribution in [-0.4, -0.2) is 43.2 Å². The van der Waals surface area contributed by atoms with E-state index in [2.05, 4.69) is 4.98 Å². The molecule has 1 atom stereocenters. The molecule has 136 valence electrons. The number of anilines is 1. The number of carbonyl (C=O) groups is 1. The summed E-state index contributed by atoms with van der Waals surface area (Å²) in [7, 11) is -3.63. The Labute approximate surface area is 153 Å². The van der Waals surface area contributed by atoms with Crippen molar-refractivity contribution in [2.24, 2.45) is 5.41 Å². The maximum Gasteiger partial charge on any atom is 0.244 e. The Hall–Kier alpha value is -2.25. The Morgan fingerprint density at radius 1 is 1.00 bits per heavy atom. The van der Waals surface area contributed by atoms with Gasteiger partial charge in [0.05, 0.1) is 5.41 Å². The molecule has 2 aromatic rings. The van der Waals surface area contributed by atoms with Gasteiger partial charge in [-0.2, -0.15) is 4.31 Å². The minimum atomic E-state index is -3.63. The third-order valence-electron chi connectivity index (χ3n) is 5.39. The van der Waals surface area contributed by atoms with Gasteiger partial charge in [-0.25, -0.2) is 8.42 Å². The maximum absolute atomic E-state index is 13.2. The first-order valence-corrected chi connectivity index (χ1v) is 10.2. The van der Waals surface area contributed by atoms with E-state index in [4.69, 9.17) is 0 Å². The number of para-hydroxylation sites is 1. The summed E-state index contributed by atoms with van der Waals surface area (Å²) in [6.07, 6.45) is 5.01. The Morgan fingerprint density at radius 3 is 2.54 bits per heavy atom. The van der Waals surface area contributed by atoms with E-state index in [0.717, 1.165) is 12.1 Å². The van der Waals surface area contributed by atoms with Crippen LogP contribution in [0, 0.1) is 5.41 Å². The zero-order chi connectivity index (χ0) is 18.2. The number of sulfonamides is 1. The standard InChI is InChI=1S/C19H21N3O3S/c23-18-19(10-13-22(18)16-6-2-1-3-7-16)9-5-12-21(15-19)26(24,25)17-8-4-11-20-14-17/h1-4,6-8,11,14H,5,9-10,12-13,15H2. The average Bonchev–Trinajstić information content (AvgIpc) is 2.99. The van der Waals surface area contributed by atoms with E-state index < -0.39 is 15.4 Å². The van der Waals surface area contributed by atoms with E-state index in [1.54, 1.807) is 23.2 Å². The number of benzene rings is 1. The van der Waals surface area contributed by atoms with Crippen LogP contribution in [0.15, 0.2) is 59.8 Å². The predicted octanol–water partition coefficient (Wildman–Crippen LogP) is 2.29. The van der Waals surface area contributed by atoms with Gasteiger partial charge in [0.15, 0.2) is 0 Å². The van der Waals surface area contributed by atoms with Crippen LogP contribution < -0.4 is 4.90 Å². The number of amides is 1. The van der Waals surface area contributed by atoms with E-state index >= 15 is 0 Å². The highest BCUT2D eigenvalue weighted by Crippen LogP contribution is 2.42. The van der Waals surface area contributed by atoms with Gasteiger partial charge in [-0.1, -0.05) is 18.2 Å². The number of rotatable bonds is 3. The second-order valence-corrected chi connectivity index (χ2v) is 8.89. The Morgan fingerprint density at radius 2 is 1.81 bits per heavy atom. The highest BCUT2D eigenvalue weighted by atomic mass is 32.2. The number of hydrogen-bond acceptors (Lipinski definition) is 4. The lowest BCUT2D eigenvalue weighted by Gasteiger charge is -2.38. The number of pyridine rings is 1. The maximum atomic E-state index is 13.2. The molecular formula is C19H21N3O3S. The molecule has 2 aliphatic rings. The third-order valence-corrected chi connectivity index (χ3v) is 7.22. The van der Waals surface area contributed by atoms with Crippen LogP contribution in [0.25, 0.3) is 0 Å². The van der Waals surface area contributed by atoms with Crippen molar-refractivity contribution < 1.29 is 13.2 Å². The molecule has 2 aliphatic heterocycles. The van der Waals surface area contributed by atoms with Crippen molar-refractivity contribution in [3.8, 4) is 0 Å². The number of carbonyl (C=O) groups excluding carboxylic acids is 1. The molecule has 4 rings (SSSR count). The number of hydrogen-bond donors (Lipinski definition) is 0. The monoisotopic (exact) mass is 371 g/mol. The fourth-order valence-electron chi connectivity index (χ4n) is 4.00. The normalized spacial score (nSPS) is 24.3. The zero-order valence-electron chi connectivity index (χ0n) is 14.4. The molecule has 2 saturated heterocycles. The molecule has 0 saturated carbocycles. The van der Waals surface area contributed by atoms with Crippen molar-refractivity contribution in [1.82, 2.24) is 9.29 Å². The zero-order valence-corrected chi connectivity index (χ0v) is 15.2.